The average Bonchev–Trinajstić information content (AvgIpc) is 2.80. The second kappa shape index (κ2) is 10.7. The molecule has 1 fully saturated rings. The highest BCUT2D eigenvalue weighted by atomic mass is 19.1. The van der Waals surface area contributed by atoms with Crippen LogP contribution >= 0.6 is 0 Å². The number of hydrogen-bond donors (Lipinski definition) is 3. The maximum atomic E-state index is 13.1. The van der Waals surface area contributed by atoms with Crippen molar-refractivity contribution < 1.29 is 28.9 Å². The molecule has 0 aliphatic heterocycles. The van der Waals surface area contributed by atoms with Gasteiger partial charge in [0.05, 0.1) is 37.1 Å². The molecule has 3 N–H and O–H groups in total. The van der Waals surface area contributed by atoms with Crippen molar-refractivity contribution in [2.45, 2.75) is 56.9 Å². The van der Waals surface area contributed by atoms with E-state index >= 15 is 0 Å². The Labute approximate surface area is 186 Å². The Bertz CT molecular complexity index is 944. The highest BCUT2D eigenvalue weighted by molar-refractivity contribution is 5.85. The van der Waals surface area contributed by atoms with Gasteiger partial charge in [0.1, 0.15) is 11.9 Å². The highest BCUT2D eigenvalue weighted by Gasteiger charge is 2.51. The largest absolute Gasteiger partial charge is 0.390 e. The Balaban J connectivity index is 1.76. The van der Waals surface area contributed by atoms with Crippen LogP contribution in [0.4, 0.5) is 4.39 Å². The van der Waals surface area contributed by atoms with E-state index < -0.39 is 29.8 Å². The summed E-state index contributed by atoms with van der Waals surface area (Å²) in [6.07, 6.45) is -3.35. The monoisotopic (exact) mass is 442 g/mol. The van der Waals surface area contributed by atoms with Gasteiger partial charge in [0.2, 0.25) is 0 Å². The van der Waals surface area contributed by atoms with E-state index in [0.29, 0.717) is 17.7 Å². The van der Waals surface area contributed by atoms with E-state index in [-0.39, 0.29) is 31.9 Å². The normalized spacial score (nSPS) is 25.2. The van der Waals surface area contributed by atoms with Crippen LogP contribution in [0.15, 0.2) is 48.5 Å². The minimum atomic E-state index is -1.41. The fraction of sp³-hybridized carbons (Fsp3) is 0.417. The number of nitrogens with zero attached hydrogens (tertiary/aromatic N) is 1. The molecule has 4 atom stereocenters. The van der Waals surface area contributed by atoms with Crippen LogP contribution in [0.25, 0.3) is 0 Å². The first-order chi connectivity index (χ1) is 15.4. The first-order valence-corrected chi connectivity index (χ1v) is 10.5. The molecule has 1 aliphatic rings. The lowest BCUT2D eigenvalue weighted by Gasteiger charge is -2.43. The number of benzene rings is 2. The first-order valence-electron chi connectivity index (χ1n) is 10.5. The van der Waals surface area contributed by atoms with Gasteiger partial charge in [-0.3, -0.25) is 4.79 Å². The quantitative estimate of drug-likeness (QED) is 0.578. The molecule has 2 aromatic rings. The fourth-order valence-corrected chi connectivity index (χ4v) is 3.76. The van der Waals surface area contributed by atoms with E-state index in [4.69, 9.17) is 14.7 Å². The number of aliphatic hydroxyl groups is 2. The summed E-state index contributed by atoms with van der Waals surface area (Å²) in [4.78, 5) is 13.0. The van der Waals surface area contributed by atoms with Crippen molar-refractivity contribution in [1.29, 1.82) is 5.26 Å². The van der Waals surface area contributed by atoms with Gasteiger partial charge < -0.3 is 25.0 Å². The smallest absolute Gasteiger partial charge is 0.252 e. The number of carbonyl (C=O) groups excluding carboxylic acids is 1. The van der Waals surface area contributed by atoms with Crippen molar-refractivity contribution in [2.24, 2.45) is 0 Å². The SMILES string of the molecule is CCNC(=O)[C@@]1(OCc2ccc(C#N)cc2)CC(OCc2ccc(F)cc2)[C@H](O)[C@H](O)C1. The third-order valence-corrected chi connectivity index (χ3v) is 5.57. The van der Waals surface area contributed by atoms with Gasteiger partial charge in [-0.25, -0.2) is 4.39 Å². The number of nitrogens with one attached hydrogen (secondary N) is 1. The molecule has 0 radical (unpaired) electrons. The van der Waals surface area contributed by atoms with Crippen LogP contribution in [0.5, 0.6) is 0 Å². The van der Waals surface area contributed by atoms with Crippen LogP contribution in [0.3, 0.4) is 0 Å². The molecule has 7 nitrogen and oxygen atoms in total. The topological polar surface area (TPSA) is 112 Å². The predicted molar refractivity (Wildman–Crippen MR) is 114 cm³/mol. The molecular formula is C24H27FN2O5. The molecule has 0 heterocycles. The zero-order chi connectivity index (χ0) is 23.1. The summed E-state index contributed by atoms with van der Waals surface area (Å²) in [5.41, 5.74) is 0.561. The zero-order valence-electron chi connectivity index (χ0n) is 17.8. The molecule has 2 aromatic carbocycles. The van der Waals surface area contributed by atoms with Crippen molar-refractivity contribution in [3.63, 3.8) is 0 Å². The molecule has 1 saturated carbocycles. The molecule has 0 aromatic heterocycles. The fourth-order valence-electron chi connectivity index (χ4n) is 3.76. The second-order valence-corrected chi connectivity index (χ2v) is 7.89. The van der Waals surface area contributed by atoms with Crippen molar-refractivity contribution in [1.82, 2.24) is 5.32 Å². The number of rotatable bonds is 8. The summed E-state index contributed by atoms with van der Waals surface area (Å²) in [6, 6.07) is 14.6. The number of ether oxygens (including phenoxy) is 2. The van der Waals surface area contributed by atoms with E-state index in [0.717, 1.165) is 5.56 Å². The molecule has 8 heteroatoms. The average molecular weight is 442 g/mol. The Hall–Kier alpha value is -2.83. The summed E-state index contributed by atoms with van der Waals surface area (Å²) >= 11 is 0. The number of halogens is 1. The standard InChI is InChI=1S/C24H27FN2O5/c1-2-27-23(30)24(32-15-18-5-3-16(13-26)4-6-18)11-20(28)22(29)21(12-24)31-14-17-7-9-19(25)10-8-17/h3-10,20-22,28-29H,2,11-12,14-15H2,1H3,(H,27,30)/t20-,21?,22-,24+/m1/s1. The molecule has 170 valence electrons. The first kappa shape index (κ1) is 23.8. The van der Waals surface area contributed by atoms with E-state index in [1.54, 1.807) is 43.3 Å². The second-order valence-electron chi connectivity index (χ2n) is 7.89. The molecule has 32 heavy (non-hydrogen) atoms. The van der Waals surface area contributed by atoms with Gasteiger partial charge in [0.15, 0.2) is 5.60 Å². The Kier molecular flexibility index (Phi) is 7.94. The Morgan fingerprint density at radius 3 is 2.38 bits per heavy atom. The van der Waals surface area contributed by atoms with Gasteiger partial charge in [-0.15, -0.1) is 0 Å². The van der Waals surface area contributed by atoms with Crippen LogP contribution in [-0.2, 0) is 27.5 Å². The lowest BCUT2D eigenvalue weighted by Crippen LogP contribution is -2.60. The Morgan fingerprint density at radius 2 is 1.75 bits per heavy atom. The van der Waals surface area contributed by atoms with E-state index in [1.165, 1.54) is 12.1 Å². The van der Waals surface area contributed by atoms with Gasteiger partial charge >= 0.3 is 0 Å². The van der Waals surface area contributed by atoms with Crippen molar-refractivity contribution >= 4 is 5.91 Å². The van der Waals surface area contributed by atoms with Crippen LogP contribution in [0, 0.1) is 17.1 Å². The molecule has 3 rings (SSSR count). The number of carbonyl (C=O) groups is 1. The molecule has 1 aliphatic carbocycles. The van der Waals surface area contributed by atoms with Gasteiger partial charge in [0, 0.05) is 19.4 Å². The molecular weight excluding hydrogens is 415 g/mol. The van der Waals surface area contributed by atoms with Gasteiger partial charge in [-0.1, -0.05) is 24.3 Å². The van der Waals surface area contributed by atoms with E-state index in [2.05, 4.69) is 5.32 Å². The number of nitriles is 1. The maximum absolute atomic E-state index is 13.1. The summed E-state index contributed by atoms with van der Waals surface area (Å²) in [6.45, 7) is 2.32. The van der Waals surface area contributed by atoms with Crippen LogP contribution in [0.1, 0.15) is 36.5 Å². The molecule has 1 unspecified atom stereocenters. The predicted octanol–water partition coefficient (Wildman–Crippen LogP) is 2.19. The third kappa shape index (κ3) is 5.69. The van der Waals surface area contributed by atoms with E-state index in [1.807, 2.05) is 6.07 Å². The number of aliphatic hydroxyl groups excluding tert-OH is 2. The molecule has 0 spiro atoms. The van der Waals surface area contributed by atoms with Crippen LogP contribution in [-0.4, -0.2) is 46.6 Å². The molecule has 1 amide bonds. The minimum Gasteiger partial charge on any atom is -0.390 e. The summed E-state index contributed by atoms with van der Waals surface area (Å²) in [5.74, 6) is -0.761. The van der Waals surface area contributed by atoms with Crippen LogP contribution in [0.2, 0.25) is 0 Å². The van der Waals surface area contributed by atoms with Crippen molar-refractivity contribution in [3.8, 4) is 6.07 Å². The number of hydrogen-bond acceptors (Lipinski definition) is 6. The molecule has 0 saturated heterocycles. The van der Waals surface area contributed by atoms with Crippen LogP contribution < -0.4 is 5.32 Å². The minimum absolute atomic E-state index is 0.0362. The lowest BCUT2D eigenvalue weighted by molar-refractivity contribution is -0.200. The summed E-state index contributed by atoms with van der Waals surface area (Å²) in [5, 5.41) is 32.7. The van der Waals surface area contributed by atoms with Gasteiger partial charge in [0.25, 0.3) is 5.91 Å². The lowest BCUT2D eigenvalue weighted by atomic mass is 9.78. The van der Waals surface area contributed by atoms with Gasteiger partial charge in [-0.2, -0.15) is 5.26 Å². The van der Waals surface area contributed by atoms with Crippen molar-refractivity contribution in [2.75, 3.05) is 6.54 Å². The summed E-state index contributed by atoms with van der Waals surface area (Å²) < 4.78 is 25.0. The van der Waals surface area contributed by atoms with Crippen molar-refractivity contribution in [3.05, 3.63) is 71.0 Å². The molecule has 0 bridgehead atoms. The summed E-state index contributed by atoms with van der Waals surface area (Å²) in [7, 11) is 0. The maximum Gasteiger partial charge on any atom is 0.252 e. The van der Waals surface area contributed by atoms with Gasteiger partial charge in [-0.05, 0) is 42.3 Å². The number of likely N-dealkylation sites (N-methyl/N-ethyl adjacent to an activating group) is 1. The highest BCUT2D eigenvalue weighted by Crippen LogP contribution is 2.35. The van der Waals surface area contributed by atoms with E-state index in [9.17, 15) is 19.4 Å². The Morgan fingerprint density at radius 1 is 1.12 bits per heavy atom. The zero-order valence-corrected chi connectivity index (χ0v) is 17.8. The number of amides is 1. The third-order valence-electron chi connectivity index (χ3n) is 5.57.